The zero-order valence-electron chi connectivity index (χ0n) is 9.07. The van der Waals surface area contributed by atoms with E-state index in [2.05, 4.69) is 34.1 Å². The van der Waals surface area contributed by atoms with Gasteiger partial charge in [0.15, 0.2) is 0 Å². The molecule has 0 heterocycles. The average molecular weight is 279 g/mol. The van der Waals surface area contributed by atoms with Crippen molar-refractivity contribution >= 4 is 21.6 Å². The molecule has 84 valence electrons. The van der Waals surface area contributed by atoms with Gasteiger partial charge < -0.3 is 5.73 Å². The molecule has 1 aromatic rings. The summed E-state index contributed by atoms with van der Waals surface area (Å²) in [6.45, 7) is 7.36. The Kier molecular flexibility index (Phi) is 5.15. The van der Waals surface area contributed by atoms with Crippen molar-refractivity contribution in [2.24, 2.45) is 10.7 Å². The van der Waals surface area contributed by atoms with Crippen LogP contribution in [0.15, 0.2) is 59.2 Å². The van der Waals surface area contributed by atoms with Crippen molar-refractivity contribution in [2.75, 3.05) is 0 Å². The topological polar surface area (TPSA) is 38.4 Å². The second kappa shape index (κ2) is 6.40. The summed E-state index contributed by atoms with van der Waals surface area (Å²) in [4.78, 5) is 4.13. The van der Waals surface area contributed by atoms with Gasteiger partial charge in [-0.15, -0.1) is 0 Å². The molecule has 0 radical (unpaired) electrons. The van der Waals surface area contributed by atoms with Crippen molar-refractivity contribution in [3.63, 3.8) is 0 Å². The summed E-state index contributed by atoms with van der Waals surface area (Å²) in [5, 5.41) is 0. The highest BCUT2D eigenvalue weighted by atomic mass is 79.9. The molecule has 1 atom stereocenters. The first-order valence-electron chi connectivity index (χ1n) is 4.98. The molecule has 1 aromatic carbocycles. The highest BCUT2D eigenvalue weighted by Crippen LogP contribution is 2.11. The van der Waals surface area contributed by atoms with E-state index >= 15 is 0 Å². The maximum absolute atomic E-state index is 6.07. The summed E-state index contributed by atoms with van der Waals surface area (Å²) in [5.41, 5.74) is 7.98. The van der Waals surface area contributed by atoms with Gasteiger partial charge >= 0.3 is 0 Å². The quantitative estimate of drug-likeness (QED) is 0.826. The highest BCUT2D eigenvalue weighted by Gasteiger charge is 2.12. The van der Waals surface area contributed by atoms with E-state index in [1.54, 1.807) is 0 Å². The van der Waals surface area contributed by atoms with E-state index in [0.29, 0.717) is 4.48 Å². The van der Waals surface area contributed by atoms with Crippen molar-refractivity contribution in [1.29, 1.82) is 0 Å². The number of halogens is 1. The van der Waals surface area contributed by atoms with Gasteiger partial charge in [-0.2, -0.15) is 0 Å². The van der Waals surface area contributed by atoms with Crippen LogP contribution in [-0.2, 0) is 6.42 Å². The Hall–Kier alpha value is -1.19. The molecule has 1 unspecified atom stereocenters. The maximum Gasteiger partial charge on any atom is 0.0709 e. The molecule has 2 N–H and O–H groups in total. The van der Waals surface area contributed by atoms with Crippen LogP contribution < -0.4 is 5.73 Å². The van der Waals surface area contributed by atoms with Gasteiger partial charge in [-0.3, -0.25) is 4.99 Å². The van der Waals surface area contributed by atoms with Gasteiger partial charge in [0, 0.05) is 10.7 Å². The predicted octanol–water partition coefficient (Wildman–Crippen LogP) is 3.05. The van der Waals surface area contributed by atoms with Gasteiger partial charge in [0.05, 0.1) is 11.8 Å². The molecular formula is C13H15BrN2. The van der Waals surface area contributed by atoms with Crippen LogP contribution in [-0.4, -0.2) is 11.8 Å². The molecule has 0 aliphatic rings. The fourth-order valence-electron chi connectivity index (χ4n) is 1.43. The minimum atomic E-state index is -0.174. The third-order valence-electron chi connectivity index (χ3n) is 2.16. The Morgan fingerprint density at radius 3 is 2.56 bits per heavy atom. The molecule has 0 saturated heterocycles. The lowest BCUT2D eigenvalue weighted by Gasteiger charge is -2.13. The first-order chi connectivity index (χ1) is 7.65. The van der Waals surface area contributed by atoms with E-state index in [0.717, 1.165) is 12.1 Å². The average Bonchev–Trinajstić information content (AvgIpc) is 2.26. The monoisotopic (exact) mass is 278 g/mol. The van der Waals surface area contributed by atoms with Gasteiger partial charge in [-0.25, -0.2) is 0 Å². The summed E-state index contributed by atoms with van der Waals surface area (Å²) in [5.74, 6) is 0. The molecule has 0 spiro atoms. The molecule has 0 aliphatic carbocycles. The van der Waals surface area contributed by atoms with Gasteiger partial charge in [-0.05, 0) is 27.9 Å². The molecule has 3 heteroatoms. The molecule has 16 heavy (non-hydrogen) atoms. The van der Waals surface area contributed by atoms with Crippen molar-refractivity contribution in [1.82, 2.24) is 0 Å². The molecule has 0 bridgehead atoms. The van der Waals surface area contributed by atoms with E-state index in [1.807, 2.05) is 30.3 Å². The van der Waals surface area contributed by atoms with Crippen LogP contribution in [0.3, 0.4) is 0 Å². The zero-order chi connectivity index (χ0) is 12.0. The van der Waals surface area contributed by atoms with E-state index in [1.165, 1.54) is 11.8 Å². The first-order valence-corrected chi connectivity index (χ1v) is 5.77. The Labute approximate surface area is 105 Å². The van der Waals surface area contributed by atoms with E-state index in [9.17, 15) is 0 Å². The van der Waals surface area contributed by atoms with E-state index < -0.39 is 0 Å². The lowest BCUT2D eigenvalue weighted by molar-refractivity contribution is 0.851. The third-order valence-corrected chi connectivity index (χ3v) is 2.56. The molecule has 0 fully saturated rings. The smallest absolute Gasteiger partial charge is 0.0709 e. The zero-order valence-corrected chi connectivity index (χ0v) is 10.7. The first kappa shape index (κ1) is 12.9. The standard InChI is InChI=1S/C13H15BrN2/c1-3-16-13(10(2)14)12(15)9-11-7-5-4-6-8-11/h3-8,12H,1-2,9,15H2. The van der Waals surface area contributed by atoms with Crippen LogP contribution in [0.25, 0.3) is 0 Å². The lowest BCUT2D eigenvalue weighted by atomic mass is 10.0. The minimum Gasteiger partial charge on any atom is -0.322 e. The van der Waals surface area contributed by atoms with E-state index in [4.69, 9.17) is 5.73 Å². The maximum atomic E-state index is 6.07. The van der Waals surface area contributed by atoms with Crippen molar-refractivity contribution in [2.45, 2.75) is 12.5 Å². The van der Waals surface area contributed by atoms with Gasteiger partial charge in [0.25, 0.3) is 0 Å². The Bertz CT molecular complexity index is 396. The number of nitrogens with two attached hydrogens (primary N) is 1. The third kappa shape index (κ3) is 3.76. The molecular weight excluding hydrogens is 264 g/mol. The molecule has 0 aromatic heterocycles. The van der Waals surface area contributed by atoms with Crippen LogP contribution >= 0.6 is 15.9 Å². The molecule has 0 aliphatic heterocycles. The second-order valence-electron chi connectivity index (χ2n) is 3.40. The van der Waals surface area contributed by atoms with Gasteiger partial charge in [0.2, 0.25) is 0 Å². The number of nitrogens with zero attached hydrogens (tertiary/aromatic N) is 1. The van der Waals surface area contributed by atoms with E-state index in [-0.39, 0.29) is 6.04 Å². The second-order valence-corrected chi connectivity index (χ2v) is 4.36. The van der Waals surface area contributed by atoms with Crippen LogP contribution in [0.5, 0.6) is 0 Å². The Balaban J connectivity index is 2.78. The Morgan fingerprint density at radius 2 is 2.06 bits per heavy atom. The summed E-state index contributed by atoms with van der Waals surface area (Å²) in [7, 11) is 0. The fraction of sp³-hybridized carbons (Fsp3) is 0.154. The number of benzene rings is 1. The number of rotatable bonds is 5. The predicted molar refractivity (Wildman–Crippen MR) is 73.8 cm³/mol. The van der Waals surface area contributed by atoms with Crippen LogP contribution in [0.4, 0.5) is 0 Å². The van der Waals surface area contributed by atoms with Gasteiger partial charge in [0.1, 0.15) is 0 Å². The SMILES string of the molecule is C=CN=C(C(=C)Br)C(N)Cc1ccccc1. The molecule has 0 saturated carbocycles. The number of hydrogen-bond donors (Lipinski definition) is 1. The lowest BCUT2D eigenvalue weighted by Crippen LogP contribution is -2.32. The molecule has 2 nitrogen and oxygen atoms in total. The van der Waals surface area contributed by atoms with Gasteiger partial charge in [-0.1, -0.05) is 43.5 Å². The summed E-state index contributed by atoms with van der Waals surface area (Å²) in [6.07, 6.45) is 2.21. The largest absolute Gasteiger partial charge is 0.322 e. The summed E-state index contributed by atoms with van der Waals surface area (Å²) in [6, 6.07) is 9.89. The van der Waals surface area contributed by atoms with Crippen LogP contribution in [0.1, 0.15) is 5.56 Å². The highest BCUT2D eigenvalue weighted by molar-refractivity contribution is 9.12. The number of aliphatic imine (C=N–C) groups is 1. The van der Waals surface area contributed by atoms with Crippen molar-refractivity contribution in [3.05, 3.63) is 59.7 Å². The van der Waals surface area contributed by atoms with Crippen LogP contribution in [0.2, 0.25) is 0 Å². The Morgan fingerprint density at radius 1 is 1.44 bits per heavy atom. The normalized spacial score (nSPS) is 13.2. The van der Waals surface area contributed by atoms with Crippen molar-refractivity contribution < 1.29 is 0 Å². The fourth-order valence-corrected chi connectivity index (χ4v) is 1.83. The van der Waals surface area contributed by atoms with Crippen LogP contribution in [0, 0.1) is 0 Å². The summed E-state index contributed by atoms with van der Waals surface area (Å²) < 4.78 is 0.704. The summed E-state index contributed by atoms with van der Waals surface area (Å²) >= 11 is 3.30. The molecule has 1 rings (SSSR count). The number of hydrogen-bond acceptors (Lipinski definition) is 2. The minimum absolute atomic E-state index is 0.174. The van der Waals surface area contributed by atoms with Crippen molar-refractivity contribution in [3.8, 4) is 0 Å². The molecule has 0 amide bonds.